The van der Waals surface area contributed by atoms with Crippen LogP contribution < -0.4 is 15.4 Å². The van der Waals surface area contributed by atoms with Gasteiger partial charge in [-0.3, -0.25) is 4.79 Å². The Kier molecular flexibility index (Phi) is 5.91. The second kappa shape index (κ2) is 8.59. The summed E-state index contributed by atoms with van der Waals surface area (Å²) in [6, 6.07) is 5.62. The minimum Gasteiger partial charge on any atom is -0.487 e. The Morgan fingerprint density at radius 3 is 2.79 bits per heavy atom. The summed E-state index contributed by atoms with van der Waals surface area (Å²) >= 11 is 0. The predicted octanol–water partition coefficient (Wildman–Crippen LogP) is 2.31. The van der Waals surface area contributed by atoms with Crippen LogP contribution in [0.1, 0.15) is 50.0 Å². The van der Waals surface area contributed by atoms with Crippen molar-refractivity contribution in [3.8, 4) is 5.75 Å². The Bertz CT molecular complexity index is 764. The van der Waals surface area contributed by atoms with Crippen molar-refractivity contribution >= 4 is 17.7 Å². The summed E-state index contributed by atoms with van der Waals surface area (Å²) < 4.78 is 16.7. The number of nitrogens with one attached hydrogen (secondary N) is 2. The highest BCUT2D eigenvalue weighted by Crippen LogP contribution is 2.47. The molecule has 0 radical (unpaired) electrons. The predicted molar refractivity (Wildman–Crippen MR) is 105 cm³/mol. The molecule has 0 spiro atoms. The van der Waals surface area contributed by atoms with Crippen molar-refractivity contribution in [2.45, 2.75) is 68.8 Å². The number of ether oxygens (including phenoxy) is 3. The number of rotatable bonds is 5. The van der Waals surface area contributed by atoms with Crippen LogP contribution in [0.3, 0.4) is 0 Å². The highest BCUT2D eigenvalue weighted by molar-refractivity contribution is 5.89. The molecular weight excluding hydrogens is 376 g/mol. The zero-order chi connectivity index (χ0) is 20.4. The van der Waals surface area contributed by atoms with Gasteiger partial charge in [0.25, 0.3) is 0 Å². The Morgan fingerprint density at radius 2 is 2.07 bits per heavy atom. The molecule has 8 heteroatoms. The first-order valence-electron chi connectivity index (χ1n) is 10.3. The zero-order valence-electron chi connectivity index (χ0n) is 16.6. The average molecular weight is 404 g/mol. The topological polar surface area (TPSA) is 106 Å². The number of methoxy groups -OCH3 is 1. The van der Waals surface area contributed by atoms with Crippen molar-refractivity contribution in [1.29, 1.82) is 0 Å². The molecule has 1 aromatic rings. The molecule has 1 aliphatic carbocycles. The maximum absolute atomic E-state index is 12.3. The van der Waals surface area contributed by atoms with Gasteiger partial charge in [-0.2, -0.15) is 0 Å². The molecule has 2 aliphatic heterocycles. The Hall–Kier alpha value is -2.32. The van der Waals surface area contributed by atoms with E-state index in [-0.39, 0.29) is 49.2 Å². The molecule has 8 nitrogen and oxygen atoms in total. The second-order valence-corrected chi connectivity index (χ2v) is 8.02. The molecule has 2 amide bonds. The molecule has 0 bridgehead atoms. The molecule has 0 unspecified atom stereocenters. The molecular formula is C21H28N2O6. The number of hydrogen-bond donors (Lipinski definition) is 3. The van der Waals surface area contributed by atoms with Gasteiger partial charge in [0.15, 0.2) is 0 Å². The van der Waals surface area contributed by atoms with E-state index in [2.05, 4.69) is 10.6 Å². The van der Waals surface area contributed by atoms with E-state index in [0.29, 0.717) is 12.1 Å². The van der Waals surface area contributed by atoms with Crippen molar-refractivity contribution in [1.82, 2.24) is 5.32 Å². The molecule has 0 aromatic heterocycles. The van der Waals surface area contributed by atoms with Crippen LogP contribution in [0.5, 0.6) is 5.75 Å². The van der Waals surface area contributed by atoms with E-state index in [1.54, 1.807) is 0 Å². The average Bonchev–Trinajstić information content (AvgIpc) is 3.34. The largest absolute Gasteiger partial charge is 0.487 e. The van der Waals surface area contributed by atoms with Gasteiger partial charge in [-0.05, 0) is 37.5 Å². The first-order chi connectivity index (χ1) is 14.1. The Labute approximate surface area is 169 Å². The molecule has 1 saturated carbocycles. The number of amides is 2. The van der Waals surface area contributed by atoms with Crippen LogP contribution in [0, 0.1) is 0 Å². The summed E-state index contributed by atoms with van der Waals surface area (Å²) in [6.07, 6.45) is 3.91. The summed E-state index contributed by atoms with van der Waals surface area (Å²) in [5, 5.41) is 15.7. The van der Waals surface area contributed by atoms with Crippen LogP contribution >= 0.6 is 0 Å². The first-order valence-corrected chi connectivity index (χ1v) is 10.3. The number of aliphatic hydroxyl groups excluding tert-OH is 1. The van der Waals surface area contributed by atoms with Crippen molar-refractivity contribution < 1.29 is 28.9 Å². The second-order valence-electron chi connectivity index (χ2n) is 8.02. The van der Waals surface area contributed by atoms with E-state index in [9.17, 15) is 14.7 Å². The fraction of sp³-hybridized carbons (Fsp3) is 0.619. The lowest BCUT2D eigenvalue weighted by Gasteiger charge is -2.36. The molecule has 4 atom stereocenters. The number of carbonyl (C=O) groups is 2. The van der Waals surface area contributed by atoms with Gasteiger partial charge in [0, 0.05) is 23.2 Å². The zero-order valence-corrected chi connectivity index (χ0v) is 16.6. The lowest BCUT2D eigenvalue weighted by molar-refractivity contribution is -0.156. The van der Waals surface area contributed by atoms with E-state index in [0.717, 1.165) is 37.0 Å². The van der Waals surface area contributed by atoms with Crippen LogP contribution in [0.15, 0.2) is 18.2 Å². The van der Waals surface area contributed by atoms with Gasteiger partial charge in [-0.1, -0.05) is 12.8 Å². The highest BCUT2D eigenvalue weighted by atomic mass is 16.6. The summed E-state index contributed by atoms with van der Waals surface area (Å²) in [5.41, 5.74) is 1.66. The molecule has 1 aromatic carbocycles. The molecule has 29 heavy (non-hydrogen) atoms. The lowest BCUT2D eigenvalue weighted by Crippen LogP contribution is -2.46. The van der Waals surface area contributed by atoms with Crippen LogP contribution in [0.25, 0.3) is 0 Å². The van der Waals surface area contributed by atoms with Gasteiger partial charge in [0.1, 0.15) is 18.0 Å². The minimum absolute atomic E-state index is 0.0230. The van der Waals surface area contributed by atoms with Crippen molar-refractivity contribution in [2.24, 2.45) is 0 Å². The third-order valence-corrected chi connectivity index (χ3v) is 6.07. The van der Waals surface area contributed by atoms with E-state index in [1.165, 1.54) is 7.11 Å². The summed E-state index contributed by atoms with van der Waals surface area (Å²) in [6.45, 7) is -0.193. The molecule has 4 rings (SSSR count). The fourth-order valence-electron chi connectivity index (χ4n) is 4.66. The third kappa shape index (κ3) is 4.33. The van der Waals surface area contributed by atoms with Gasteiger partial charge in [0.05, 0.1) is 26.2 Å². The number of urea groups is 1. The van der Waals surface area contributed by atoms with E-state index >= 15 is 0 Å². The Balaban J connectivity index is 1.47. The van der Waals surface area contributed by atoms with Crippen LogP contribution in [-0.2, 0) is 14.3 Å². The molecule has 3 N–H and O–H groups in total. The molecule has 3 aliphatic rings. The van der Waals surface area contributed by atoms with Crippen LogP contribution in [0.4, 0.5) is 10.5 Å². The normalized spacial score (nSPS) is 28.2. The van der Waals surface area contributed by atoms with E-state index < -0.39 is 6.10 Å². The summed E-state index contributed by atoms with van der Waals surface area (Å²) in [4.78, 5) is 24.0. The number of benzene rings is 1. The number of carbonyl (C=O) groups excluding carboxylic acids is 2. The van der Waals surface area contributed by atoms with Gasteiger partial charge in [0.2, 0.25) is 0 Å². The third-order valence-electron chi connectivity index (χ3n) is 6.07. The van der Waals surface area contributed by atoms with E-state index in [1.807, 2.05) is 18.2 Å². The van der Waals surface area contributed by atoms with Gasteiger partial charge in [-0.15, -0.1) is 0 Å². The fourth-order valence-corrected chi connectivity index (χ4v) is 4.66. The quantitative estimate of drug-likeness (QED) is 0.651. The van der Waals surface area contributed by atoms with Crippen LogP contribution in [-0.4, -0.2) is 55.2 Å². The highest BCUT2D eigenvalue weighted by Gasteiger charge is 2.46. The monoisotopic (exact) mass is 404 g/mol. The lowest BCUT2D eigenvalue weighted by atomic mass is 9.84. The van der Waals surface area contributed by atoms with Crippen LogP contribution in [0.2, 0.25) is 0 Å². The smallest absolute Gasteiger partial charge is 0.319 e. The van der Waals surface area contributed by atoms with Gasteiger partial charge < -0.3 is 30.0 Å². The Morgan fingerprint density at radius 1 is 1.28 bits per heavy atom. The standard InChI is InChI=1S/C21H28N2O6/c1-27-19(25)10-14-9-16-15-8-13(23-21(26)22-12-4-2-3-5-12)6-7-17(15)29-20(16)18(11-24)28-14/h6-8,12,14,16,18,20,24H,2-5,9-11H2,1H3,(H2,22,23,26)/t14-,16-,18-,20+/m0/s1. The summed E-state index contributed by atoms with van der Waals surface area (Å²) in [5.74, 6) is 0.357. The molecule has 2 heterocycles. The first kappa shape index (κ1) is 20.0. The van der Waals surface area contributed by atoms with Gasteiger partial charge in [-0.25, -0.2) is 4.79 Å². The maximum Gasteiger partial charge on any atom is 0.319 e. The number of fused-ring (bicyclic) bond motifs is 3. The van der Waals surface area contributed by atoms with Crippen molar-refractivity contribution in [3.63, 3.8) is 0 Å². The van der Waals surface area contributed by atoms with Crippen molar-refractivity contribution in [2.75, 3.05) is 19.0 Å². The maximum atomic E-state index is 12.3. The molecule has 158 valence electrons. The number of hydrogen-bond acceptors (Lipinski definition) is 6. The number of anilines is 1. The SMILES string of the molecule is COC(=O)C[C@@H]1C[C@H]2c3cc(NC(=O)NC4CCCC4)ccc3O[C@H]2[C@H](CO)O1. The number of aliphatic hydroxyl groups is 1. The van der Waals surface area contributed by atoms with Crippen molar-refractivity contribution in [3.05, 3.63) is 23.8 Å². The molecule has 2 fully saturated rings. The van der Waals surface area contributed by atoms with E-state index in [4.69, 9.17) is 14.2 Å². The minimum atomic E-state index is -0.516. The molecule has 1 saturated heterocycles. The number of esters is 1. The van der Waals surface area contributed by atoms with Gasteiger partial charge >= 0.3 is 12.0 Å². The summed E-state index contributed by atoms with van der Waals surface area (Å²) in [7, 11) is 1.35.